The largest absolute Gasteiger partial charge is 0.393 e. The highest BCUT2D eigenvalue weighted by Crippen LogP contribution is 2.38. The van der Waals surface area contributed by atoms with Crippen molar-refractivity contribution in [1.29, 1.82) is 0 Å². The Labute approximate surface area is 67.8 Å². The molecule has 11 heavy (non-hydrogen) atoms. The topological polar surface area (TPSA) is 46.2 Å². The number of aliphatic hydroxyl groups is 1. The third kappa shape index (κ3) is 1.30. The predicted molar refractivity (Wildman–Crippen MR) is 44.0 cm³/mol. The van der Waals surface area contributed by atoms with E-state index in [1.54, 1.807) is 0 Å². The third-order valence-corrected chi connectivity index (χ3v) is 3.39. The van der Waals surface area contributed by atoms with Crippen molar-refractivity contribution in [2.75, 3.05) is 0 Å². The summed E-state index contributed by atoms with van der Waals surface area (Å²) in [4.78, 5) is 0. The van der Waals surface area contributed by atoms with Crippen molar-refractivity contribution >= 4 is 0 Å². The zero-order chi connectivity index (χ0) is 7.84. The van der Waals surface area contributed by atoms with E-state index in [1.165, 1.54) is 19.3 Å². The minimum absolute atomic E-state index is 0.0508. The van der Waals surface area contributed by atoms with Crippen LogP contribution in [0.15, 0.2) is 0 Å². The van der Waals surface area contributed by atoms with Gasteiger partial charge < -0.3 is 10.8 Å². The molecule has 2 nitrogen and oxygen atoms in total. The lowest BCUT2D eigenvalue weighted by Crippen LogP contribution is -2.47. The number of aliphatic hydroxyl groups excluding tert-OH is 1. The van der Waals surface area contributed by atoms with E-state index in [4.69, 9.17) is 5.73 Å². The molecule has 0 aromatic rings. The monoisotopic (exact) mass is 155 g/mol. The molecule has 2 bridgehead atoms. The van der Waals surface area contributed by atoms with Crippen molar-refractivity contribution in [2.24, 2.45) is 17.6 Å². The van der Waals surface area contributed by atoms with Crippen LogP contribution in [0.4, 0.5) is 0 Å². The molecule has 2 aliphatic carbocycles. The van der Waals surface area contributed by atoms with E-state index in [1.807, 2.05) is 0 Å². The normalized spacial score (nSPS) is 50.7. The molecule has 2 fully saturated rings. The van der Waals surface area contributed by atoms with E-state index in [0.717, 1.165) is 12.8 Å². The van der Waals surface area contributed by atoms with Crippen molar-refractivity contribution in [3.63, 3.8) is 0 Å². The highest BCUT2D eigenvalue weighted by Gasteiger charge is 2.37. The van der Waals surface area contributed by atoms with Gasteiger partial charge in [0, 0.05) is 6.04 Å². The van der Waals surface area contributed by atoms with E-state index in [-0.39, 0.29) is 6.10 Å². The lowest BCUT2D eigenvalue weighted by molar-refractivity contribution is 0.0298. The Balaban J connectivity index is 2.07. The van der Waals surface area contributed by atoms with Gasteiger partial charge in [-0.3, -0.25) is 0 Å². The van der Waals surface area contributed by atoms with Gasteiger partial charge >= 0.3 is 0 Å². The highest BCUT2D eigenvalue weighted by molar-refractivity contribution is 4.92. The van der Waals surface area contributed by atoms with Crippen LogP contribution in [0.25, 0.3) is 0 Å². The van der Waals surface area contributed by atoms with Crippen LogP contribution in [-0.4, -0.2) is 17.3 Å². The van der Waals surface area contributed by atoms with Crippen molar-refractivity contribution < 1.29 is 5.11 Å². The Morgan fingerprint density at radius 2 is 1.64 bits per heavy atom. The number of hydrogen-bond donors (Lipinski definition) is 2. The second-order valence-corrected chi connectivity index (χ2v) is 4.15. The van der Waals surface area contributed by atoms with Gasteiger partial charge in [0.25, 0.3) is 0 Å². The minimum Gasteiger partial charge on any atom is -0.393 e. The third-order valence-electron chi connectivity index (χ3n) is 3.39. The van der Waals surface area contributed by atoms with Gasteiger partial charge in [-0.15, -0.1) is 0 Å². The molecule has 0 radical (unpaired) electrons. The number of fused-ring (bicyclic) bond motifs is 2. The van der Waals surface area contributed by atoms with Crippen LogP contribution in [0.3, 0.4) is 0 Å². The summed E-state index contributed by atoms with van der Waals surface area (Å²) in [7, 11) is 0. The quantitative estimate of drug-likeness (QED) is 0.545. The zero-order valence-electron chi connectivity index (χ0n) is 6.87. The zero-order valence-corrected chi connectivity index (χ0v) is 6.87. The van der Waals surface area contributed by atoms with E-state index in [0.29, 0.717) is 17.9 Å². The van der Waals surface area contributed by atoms with E-state index < -0.39 is 0 Å². The molecule has 0 heterocycles. The van der Waals surface area contributed by atoms with E-state index >= 15 is 0 Å². The van der Waals surface area contributed by atoms with Gasteiger partial charge in [0.2, 0.25) is 0 Å². The van der Waals surface area contributed by atoms with Crippen LogP contribution in [0, 0.1) is 11.8 Å². The molecule has 2 aliphatic rings. The minimum atomic E-state index is -0.0508. The Morgan fingerprint density at radius 3 is 2.18 bits per heavy atom. The van der Waals surface area contributed by atoms with Crippen molar-refractivity contribution in [1.82, 2.24) is 0 Å². The molecule has 0 spiro atoms. The average Bonchev–Trinajstić information content (AvgIpc) is 1.92. The maximum absolute atomic E-state index is 9.48. The number of nitrogens with two attached hydrogens (primary N) is 1. The molecule has 3 N–H and O–H groups in total. The molecule has 0 saturated heterocycles. The molecule has 2 rings (SSSR count). The number of hydrogen-bond acceptors (Lipinski definition) is 2. The summed E-state index contributed by atoms with van der Waals surface area (Å²) in [5.41, 5.74) is 6.04. The Kier molecular flexibility index (Phi) is 1.90. The van der Waals surface area contributed by atoms with E-state index in [2.05, 4.69) is 0 Å². The van der Waals surface area contributed by atoms with Gasteiger partial charge in [0.15, 0.2) is 0 Å². The van der Waals surface area contributed by atoms with Gasteiger partial charge in [-0.05, 0) is 37.5 Å². The summed E-state index contributed by atoms with van der Waals surface area (Å²) < 4.78 is 0. The molecule has 2 saturated carbocycles. The maximum Gasteiger partial charge on any atom is 0.0546 e. The van der Waals surface area contributed by atoms with Crippen LogP contribution in [0.1, 0.15) is 32.1 Å². The van der Waals surface area contributed by atoms with E-state index in [9.17, 15) is 5.11 Å². The van der Waals surface area contributed by atoms with Crippen molar-refractivity contribution in [3.05, 3.63) is 0 Å². The van der Waals surface area contributed by atoms with Gasteiger partial charge in [0.05, 0.1) is 6.10 Å². The second-order valence-electron chi connectivity index (χ2n) is 4.15. The molecule has 64 valence electrons. The first-order chi connectivity index (χ1) is 5.27. The lowest BCUT2D eigenvalue weighted by Gasteiger charge is -2.42. The van der Waals surface area contributed by atoms with Crippen LogP contribution in [0.5, 0.6) is 0 Å². The molecule has 2 unspecified atom stereocenters. The SMILES string of the molecule is NC1C2CCCC1CC(O)C2. The van der Waals surface area contributed by atoms with Gasteiger partial charge in [-0.25, -0.2) is 0 Å². The molecular weight excluding hydrogens is 138 g/mol. The maximum atomic E-state index is 9.48. The molecule has 2 heteroatoms. The van der Waals surface area contributed by atoms with Crippen LogP contribution < -0.4 is 5.73 Å². The molecular formula is C9H17NO. The standard InChI is InChI=1S/C9H17NO/c10-9-6-2-1-3-7(9)5-8(11)4-6/h6-9,11H,1-5,10H2. The Bertz CT molecular complexity index is 134. The fraction of sp³-hybridized carbons (Fsp3) is 1.00. The summed E-state index contributed by atoms with van der Waals surface area (Å²) in [5, 5.41) is 9.48. The summed E-state index contributed by atoms with van der Waals surface area (Å²) in [6.45, 7) is 0. The van der Waals surface area contributed by atoms with Gasteiger partial charge in [-0.2, -0.15) is 0 Å². The van der Waals surface area contributed by atoms with Crippen LogP contribution in [-0.2, 0) is 0 Å². The molecule has 0 aliphatic heterocycles. The smallest absolute Gasteiger partial charge is 0.0546 e. The Morgan fingerprint density at radius 1 is 1.09 bits per heavy atom. The van der Waals surface area contributed by atoms with Crippen molar-refractivity contribution in [2.45, 2.75) is 44.2 Å². The fourth-order valence-corrected chi connectivity index (χ4v) is 2.76. The molecule has 0 aromatic carbocycles. The molecule has 2 atom stereocenters. The lowest BCUT2D eigenvalue weighted by atomic mass is 9.68. The summed E-state index contributed by atoms with van der Waals surface area (Å²) in [5.74, 6) is 1.25. The van der Waals surface area contributed by atoms with Crippen LogP contribution in [0.2, 0.25) is 0 Å². The number of rotatable bonds is 0. The highest BCUT2D eigenvalue weighted by atomic mass is 16.3. The van der Waals surface area contributed by atoms with Crippen molar-refractivity contribution in [3.8, 4) is 0 Å². The summed E-state index contributed by atoms with van der Waals surface area (Å²) >= 11 is 0. The summed E-state index contributed by atoms with van der Waals surface area (Å²) in [6.07, 6.45) is 5.68. The first-order valence-corrected chi connectivity index (χ1v) is 4.71. The van der Waals surface area contributed by atoms with Crippen LogP contribution >= 0.6 is 0 Å². The van der Waals surface area contributed by atoms with Gasteiger partial charge in [-0.1, -0.05) is 6.42 Å². The summed E-state index contributed by atoms with van der Waals surface area (Å²) in [6, 6.07) is 0.396. The average molecular weight is 155 g/mol. The van der Waals surface area contributed by atoms with Gasteiger partial charge in [0.1, 0.15) is 0 Å². The fourth-order valence-electron chi connectivity index (χ4n) is 2.76. The second kappa shape index (κ2) is 2.76. The predicted octanol–water partition coefficient (Wildman–Crippen LogP) is 0.885. The molecule has 0 amide bonds. The molecule has 0 aromatic heterocycles. The first-order valence-electron chi connectivity index (χ1n) is 4.71. The Hall–Kier alpha value is -0.0800. The first kappa shape index (κ1) is 7.56.